The Kier molecular flexibility index (Phi) is 4.71. The molecular weight excluding hydrogens is 270 g/mol. The molecule has 1 aromatic carbocycles. The number of rotatable bonds is 5. The van der Waals surface area contributed by atoms with E-state index in [-0.39, 0.29) is 12.3 Å². The summed E-state index contributed by atoms with van der Waals surface area (Å²) in [5.74, 6) is 0.137. The maximum atomic E-state index is 11.7. The normalized spacial score (nSPS) is 10.2. The Bertz CT molecular complexity index is 649. The van der Waals surface area contributed by atoms with E-state index in [1.165, 1.54) is 0 Å². The van der Waals surface area contributed by atoms with Crippen molar-refractivity contribution in [2.45, 2.75) is 26.8 Å². The lowest BCUT2D eigenvalue weighted by molar-refractivity contribution is -0.126. The SMILES string of the molecule is Cc1cccc(CNC(=O)CC(=O)Nc2cc(C)on2)c1. The molecule has 21 heavy (non-hydrogen) atoms. The highest BCUT2D eigenvalue weighted by Crippen LogP contribution is 2.07. The first-order valence-electron chi connectivity index (χ1n) is 6.58. The van der Waals surface area contributed by atoms with Gasteiger partial charge in [-0.25, -0.2) is 0 Å². The van der Waals surface area contributed by atoms with E-state index in [2.05, 4.69) is 15.8 Å². The first kappa shape index (κ1) is 14.8. The molecule has 2 N–H and O–H groups in total. The summed E-state index contributed by atoms with van der Waals surface area (Å²) in [6.07, 6.45) is -0.252. The average molecular weight is 287 g/mol. The van der Waals surface area contributed by atoms with Gasteiger partial charge in [0, 0.05) is 12.6 Å². The zero-order valence-electron chi connectivity index (χ0n) is 12.0. The fourth-order valence-corrected chi connectivity index (χ4v) is 1.84. The molecule has 1 heterocycles. The van der Waals surface area contributed by atoms with Crippen molar-refractivity contribution in [1.82, 2.24) is 10.5 Å². The second kappa shape index (κ2) is 6.69. The number of benzene rings is 1. The molecule has 0 aliphatic rings. The van der Waals surface area contributed by atoms with Crippen molar-refractivity contribution in [3.05, 3.63) is 47.2 Å². The Morgan fingerprint density at radius 2 is 2.00 bits per heavy atom. The molecule has 2 amide bonds. The molecule has 0 atom stereocenters. The van der Waals surface area contributed by atoms with Crippen molar-refractivity contribution >= 4 is 17.6 Å². The van der Waals surface area contributed by atoms with Crippen LogP contribution in [0.3, 0.4) is 0 Å². The summed E-state index contributed by atoms with van der Waals surface area (Å²) in [4.78, 5) is 23.3. The molecule has 110 valence electrons. The van der Waals surface area contributed by atoms with Gasteiger partial charge in [0.2, 0.25) is 11.8 Å². The average Bonchev–Trinajstić information content (AvgIpc) is 2.81. The van der Waals surface area contributed by atoms with Crippen molar-refractivity contribution < 1.29 is 14.1 Å². The topological polar surface area (TPSA) is 84.2 Å². The maximum Gasteiger partial charge on any atom is 0.235 e. The van der Waals surface area contributed by atoms with E-state index in [1.807, 2.05) is 31.2 Å². The highest BCUT2D eigenvalue weighted by Gasteiger charge is 2.11. The number of aromatic nitrogens is 1. The highest BCUT2D eigenvalue weighted by atomic mass is 16.5. The molecule has 0 bridgehead atoms. The van der Waals surface area contributed by atoms with Crippen LogP contribution in [0.25, 0.3) is 0 Å². The molecule has 0 radical (unpaired) electrons. The van der Waals surface area contributed by atoms with Crippen LogP contribution in [0.15, 0.2) is 34.9 Å². The Labute approximate surface area is 122 Å². The third-order valence-electron chi connectivity index (χ3n) is 2.79. The van der Waals surface area contributed by atoms with E-state index in [1.54, 1.807) is 13.0 Å². The predicted molar refractivity (Wildman–Crippen MR) is 77.5 cm³/mol. The summed E-state index contributed by atoms with van der Waals surface area (Å²) < 4.78 is 4.82. The van der Waals surface area contributed by atoms with Crippen molar-refractivity contribution in [3.8, 4) is 0 Å². The summed E-state index contributed by atoms with van der Waals surface area (Å²) >= 11 is 0. The molecule has 6 heteroatoms. The Morgan fingerprint density at radius 1 is 1.19 bits per heavy atom. The minimum atomic E-state index is -0.426. The molecule has 0 saturated carbocycles. The number of hydrogen-bond acceptors (Lipinski definition) is 4. The van der Waals surface area contributed by atoms with Crippen LogP contribution < -0.4 is 10.6 Å². The summed E-state index contributed by atoms with van der Waals surface area (Å²) in [6.45, 7) is 4.10. The van der Waals surface area contributed by atoms with Gasteiger partial charge in [0.05, 0.1) is 0 Å². The van der Waals surface area contributed by atoms with Crippen LogP contribution >= 0.6 is 0 Å². The minimum absolute atomic E-state index is 0.252. The summed E-state index contributed by atoms with van der Waals surface area (Å²) in [7, 11) is 0. The van der Waals surface area contributed by atoms with E-state index in [4.69, 9.17) is 4.52 Å². The number of amides is 2. The van der Waals surface area contributed by atoms with Crippen LogP contribution in [0, 0.1) is 13.8 Å². The van der Waals surface area contributed by atoms with Crippen LogP contribution in [0.5, 0.6) is 0 Å². The quantitative estimate of drug-likeness (QED) is 0.823. The smallest absolute Gasteiger partial charge is 0.235 e. The summed E-state index contributed by atoms with van der Waals surface area (Å²) in [6, 6.07) is 9.40. The van der Waals surface area contributed by atoms with Crippen LogP contribution in [0.1, 0.15) is 23.3 Å². The number of carbonyl (C=O) groups excluding carboxylic acids is 2. The van der Waals surface area contributed by atoms with Crippen molar-refractivity contribution in [2.75, 3.05) is 5.32 Å². The van der Waals surface area contributed by atoms with Crippen LogP contribution in [-0.4, -0.2) is 17.0 Å². The van der Waals surface area contributed by atoms with Crippen molar-refractivity contribution in [3.63, 3.8) is 0 Å². The molecular formula is C15H17N3O3. The molecule has 1 aromatic heterocycles. The molecule has 0 spiro atoms. The van der Waals surface area contributed by atoms with Crippen LogP contribution in [-0.2, 0) is 16.1 Å². The standard InChI is InChI=1S/C15H17N3O3/c1-10-4-3-5-12(6-10)9-16-14(19)8-15(20)17-13-7-11(2)21-18-13/h3-7H,8-9H2,1-2H3,(H,16,19)(H,17,18,20). The Hall–Kier alpha value is -2.63. The minimum Gasteiger partial charge on any atom is -0.360 e. The van der Waals surface area contributed by atoms with Crippen LogP contribution in [0.2, 0.25) is 0 Å². The monoisotopic (exact) mass is 287 g/mol. The lowest BCUT2D eigenvalue weighted by Gasteiger charge is -2.06. The Morgan fingerprint density at radius 3 is 2.67 bits per heavy atom. The van der Waals surface area contributed by atoms with E-state index in [9.17, 15) is 9.59 Å². The molecule has 2 aromatic rings. The third kappa shape index (κ3) is 4.76. The van der Waals surface area contributed by atoms with E-state index in [0.717, 1.165) is 11.1 Å². The van der Waals surface area contributed by atoms with E-state index >= 15 is 0 Å². The van der Waals surface area contributed by atoms with Gasteiger partial charge in [-0.2, -0.15) is 0 Å². The zero-order valence-corrected chi connectivity index (χ0v) is 12.0. The van der Waals surface area contributed by atoms with E-state index in [0.29, 0.717) is 18.1 Å². The lowest BCUT2D eigenvalue weighted by atomic mass is 10.1. The van der Waals surface area contributed by atoms with Crippen molar-refractivity contribution in [2.24, 2.45) is 0 Å². The van der Waals surface area contributed by atoms with Gasteiger partial charge < -0.3 is 15.2 Å². The molecule has 0 unspecified atom stereocenters. The van der Waals surface area contributed by atoms with Gasteiger partial charge in [0.15, 0.2) is 5.82 Å². The molecule has 2 rings (SSSR count). The second-order valence-corrected chi connectivity index (χ2v) is 4.81. The number of aryl methyl sites for hydroxylation is 2. The largest absolute Gasteiger partial charge is 0.360 e. The number of carbonyl (C=O) groups is 2. The molecule has 0 saturated heterocycles. The van der Waals surface area contributed by atoms with E-state index < -0.39 is 5.91 Å². The maximum absolute atomic E-state index is 11.7. The van der Waals surface area contributed by atoms with Gasteiger partial charge in [-0.3, -0.25) is 9.59 Å². The zero-order chi connectivity index (χ0) is 15.2. The highest BCUT2D eigenvalue weighted by molar-refractivity contribution is 6.03. The predicted octanol–water partition coefficient (Wildman–Crippen LogP) is 1.94. The van der Waals surface area contributed by atoms with Crippen molar-refractivity contribution in [1.29, 1.82) is 0 Å². The van der Waals surface area contributed by atoms with Gasteiger partial charge in [-0.05, 0) is 19.4 Å². The lowest BCUT2D eigenvalue weighted by Crippen LogP contribution is -2.27. The molecule has 0 aliphatic heterocycles. The first-order chi connectivity index (χ1) is 10.0. The summed E-state index contributed by atoms with van der Waals surface area (Å²) in [5.41, 5.74) is 2.12. The number of hydrogen-bond donors (Lipinski definition) is 2. The fourth-order valence-electron chi connectivity index (χ4n) is 1.84. The number of nitrogens with one attached hydrogen (secondary N) is 2. The van der Waals surface area contributed by atoms with Gasteiger partial charge in [0.25, 0.3) is 0 Å². The van der Waals surface area contributed by atoms with Gasteiger partial charge in [-0.15, -0.1) is 0 Å². The fraction of sp³-hybridized carbons (Fsp3) is 0.267. The van der Waals surface area contributed by atoms with Crippen LogP contribution in [0.4, 0.5) is 5.82 Å². The molecule has 0 fully saturated rings. The first-order valence-corrected chi connectivity index (χ1v) is 6.58. The third-order valence-corrected chi connectivity index (χ3v) is 2.79. The number of nitrogens with zero attached hydrogens (tertiary/aromatic N) is 1. The molecule has 0 aliphatic carbocycles. The molecule has 6 nitrogen and oxygen atoms in total. The number of anilines is 1. The van der Waals surface area contributed by atoms with Gasteiger partial charge in [0.1, 0.15) is 12.2 Å². The second-order valence-electron chi connectivity index (χ2n) is 4.81. The van der Waals surface area contributed by atoms with Gasteiger partial charge in [-0.1, -0.05) is 35.0 Å². The summed E-state index contributed by atoms with van der Waals surface area (Å²) in [5, 5.41) is 8.83. The Balaban J connectivity index is 1.77. The van der Waals surface area contributed by atoms with Gasteiger partial charge >= 0.3 is 0 Å².